The summed E-state index contributed by atoms with van der Waals surface area (Å²) in [6.45, 7) is 4.24. The first-order valence-electron chi connectivity index (χ1n) is 10.4. The lowest BCUT2D eigenvalue weighted by molar-refractivity contribution is -0.129. The van der Waals surface area contributed by atoms with Crippen LogP contribution in [0.15, 0.2) is 24.3 Å². The highest BCUT2D eigenvalue weighted by atomic mass is 19.1. The second-order valence-corrected chi connectivity index (χ2v) is 7.19. The molecule has 2 heterocycles. The van der Waals surface area contributed by atoms with E-state index in [4.69, 9.17) is 27.7 Å². The molecule has 0 atom stereocenters. The molecule has 0 aliphatic heterocycles. The third-order valence-electron chi connectivity index (χ3n) is 5.21. The lowest BCUT2D eigenvalue weighted by atomic mass is 10.0. The Hall–Kier alpha value is -3.84. The fraction of sp³-hybridized carbons (Fsp3) is 0.320. The molecule has 6 nitrogen and oxygen atoms in total. The normalized spacial score (nSPS) is 10.6. The summed E-state index contributed by atoms with van der Waals surface area (Å²) in [4.78, 5) is 19.2. The van der Waals surface area contributed by atoms with Crippen LogP contribution in [0.3, 0.4) is 0 Å². The number of fused-ring (bicyclic) bond motifs is 1. The SMILES string of the molecule is C#CCN(CC#C)C(=O)Cc1c(-c2ccc(OC)c(F)c2)nn2c(CC)cc(CC)nc12. The molecule has 32 heavy (non-hydrogen) atoms. The summed E-state index contributed by atoms with van der Waals surface area (Å²) in [5, 5.41) is 4.73. The van der Waals surface area contributed by atoms with E-state index in [0.29, 0.717) is 22.5 Å². The molecule has 0 saturated carbocycles. The smallest absolute Gasteiger partial charge is 0.228 e. The predicted octanol–water partition coefficient (Wildman–Crippen LogP) is 3.31. The molecule has 0 saturated heterocycles. The Balaban J connectivity index is 2.22. The van der Waals surface area contributed by atoms with Gasteiger partial charge in [0.25, 0.3) is 0 Å². The molecule has 0 fully saturated rings. The number of amides is 1. The molecule has 0 aliphatic carbocycles. The number of carbonyl (C=O) groups is 1. The summed E-state index contributed by atoms with van der Waals surface area (Å²) in [6, 6.07) is 6.59. The number of aromatic nitrogens is 3. The standard InChI is InChI=1S/C25H25FN4O2/c1-6-12-29(13-7-2)23(31)16-20-24(17-10-11-22(32-5)21(26)14-17)28-30-19(9-4)15-18(8-3)27-25(20)30/h1-2,10-11,14-15H,8-9,12-13,16H2,3-5H3. The summed E-state index contributed by atoms with van der Waals surface area (Å²) in [7, 11) is 1.41. The first-order chi connectivity index (χ1) is 15.5. The van der Waals surface area contributed by atoms with E-state index in [0.717, 1.165) is 24.2 Å². The van der Waals surface area contributed by atoms with Gasteiger partial charge < -0.3 is 9.64 Å². The number of benzene rings is 1. The Kier molecular flexibility index (Phi) is 7.12. The fourth-order valence-corrected chi connectivity index (χ4v) is 3.54. The number of terminal acetylenes is 2. The number of carbonyl (C=O) groups excluding carboxylic acids is 1. The Morgan fingerprint density at radius 1 is 1.19 bits per heavy atom. The van der Waals surface area contributed by atoms with Crippen LogP contribution in [0.2, 0.25) is 0 Å². The Bertz CT molecular complexity index is 1220. The van der Waals surface area contributed by atoms with Crippen molar-refractivity contribution in [3.05, 3.63) is 47.0 Å². The van der Waals surface area contributed by atoms with Gasteiger partial charge in [-0.05, 0) is 37.1 Å². The molecule has 0 aliphatic rings. The van der Waals surface area contributed by atoms with E-state index in [1.54, 1.807) is 10.6 Å². The van der Waals surface area contributed by atoms with Gasteiger partial charge in [0.05, 0.1) is 32.3 Å². The molecule has 3 aromatic rings. The van der Waals surface area contributed by atoms with E-state index >= 15 is 0 Å². The number of hydrogen-bond donors (Lipinski definition) is 0. The van der Waals surface area contributed by atoms with Crippen LogP contribution >= 0.6 is 0 Å². The monoisotopic (exact) mass is 432 g/mol. The van der Waals surface area contributed by atoms with E-state index in [2.05, 4.69) is 11.8 Å². The zero-order valence-corrected chi connectivity index (χ0v) is 18.5. The molecular weight excluding hydrogens is 407 g/mol. The topological polar surface area (TPSA) is 59.7 Å². The average Bonchev–Trinajstić information content (AvgIpc) is 3.16. The Morgan fingerprint density at radius 2 is 1.91 bits per heavy atom. The third-order valence-corrected chi connectivity index (χ3v) is 5.21. The number of nitrogens with zero attached hydrogens (tertiary/aromatic N) is 4. The van der Waals surface area contributed by atoms with Gasteiger partial charge in [0, 0.05) is 22.5 Å². The van der Waals surface area contributed by atoms with Crippen molar-refractivity contribution in [3.8, 4) is 41.7 Å². The van der Waals surface area contributed by atoms with Gasteiger partial charge in [-0.15, -0.1) is 12.8 Å². The Morgan fingerprint density at radius 3 is 2.47 bits per heavy atom. The van der Waals surface area contributed by atoms with Crippen molar-refractivity contribution >= 4 is 11.6 Å². The molecule has 0 bridgehead atoms. The molecule has 0 spiro atoms. The van der Waals surface area contributed by atoms with Gasteiger partial charge in [-0.3, -0.25) is 4.79 Å². The number of ether oxygens (including phenoxy) is 1. The van der Waals surface area contributed by atoms with Crippen LogP contribution in [0.4, 0.5) is 4.39 Å². The molecule has 1 aromatic carbocycles. The second kappa shape index (κ2) is 9.98. The summed E-state index contributed by atoms with van der Waals surface area (Å²) in [5.41, 5.74) is 4.02. The van der Waals surface area contributed by atoms with Crippen molar-refractivity contribution in [2.75, 3.05) is 20.2 Å². The summed E-state index contributed by atoms with van der Waals surface area (Å²) in [5.74, 6) is 4.30. The van der Waals surface area contributed by atoms with Gasteiger partial charge in [-0.1, -0.05) is 25.7 Å². The lowest BCUT2D eigenvalue weighted by Crippen LogP contribution is -2.33. The van der Waals surface area contributed by atoms with Crippen molar-refractivity contribution in [2.45, 2.75) is 33.1 Å². The molecule has 0 N–H and O–H groups in total. The van der Waals surface area contributed by atoms with E-state index < -0.39 is 5.82 Å². The molecule has 7 heteroatoms. The van der Waals surface area contributed by atoms with Gasteiger partial charge >= 0.3 is 0 Å². The molecule has 0 unspecified atom stereocenters. The first-order valence-corrected chi connectivity index (χ1v) is 10.4. The molecule has 1 amide bonds. The van der Waals surface area contributed by atoms with Crippen molar-refractivity contribution in [1.29, 1.82) is 0 Å². The van der Waals surface area contributed by atoms with Crippen LogP contribution in [-0.4, -0.2) is 45.6 Å². The van der Waals surface area contributed by atoms with Crippen LogP contribution in [0.1, 0.15) is 30.8 Å². The van der Waals surface area contributed by atoms with Crippen molar-refractivity contribution in [1.82, 2.24) is 19.5 Å². The molecule has 2 aromatic heterocycles. The molecular formula is C25H25FN4O2. The maximum Gasteiger partial charge on any atom is 0.228 e. The minimum absolute atomic E-state index is 0.0147. The minimum atomic E-state index is -0.515. The molecule has 3 rings (SSSR count). The molecule has 0 radical (unpaired) electrons. The van der Waals surface area contributed by atoms with Gasteiger partial charge in [0.15, 0.2) is 17.2 Å². The van der Waals surface area contributed by atoms with Crippen LogP contribution in [0.25, 0.3) is 16.9 Å². The summed E-state index contributed by atoms with van der Waals surface area (Å²) < 4.78 is 21.2. The van der Waals surface area contributed by atoms with Gasteiger partial charge in [0.1, 0.15) is 0 Å². The predicted molar refractivity (Wildman–Crippen MR) is 122 cm³/mol. The number of hydrogen-bond acceptors (Lipinski definition) is 4. The highest BCUT2D eigenvalue weighted by Gasteiger charge is 2.23. The first kappa shape index (κ1) is 22.8. The highest BCUT2D eigenvalue weighted by molar-refractivity contribution is 5.85. The van der Waals surface area contributed by atoms with Gasteiger partial charge in [-0.2, -0.15) is 5.10 Å². The number of halogens is 1. The maximum atomic E-state index is 14.5. The van der Waals surface area contributed by atoms with E-state index in [-0.39, 0.29) is 31.2 Å². The van der Waals surface area contributed by atoms with Crippen molar-refractivity contribution in [2.24, 2.45) is 0 Å². The van der Waals surface area contributed by atoms with Crippen molar-refractivity contribution in [3.63, 3.8) is 0 Å². The van der Waals surface area contributed by atoms with E-state index in [1.807, 2.05) is 19.9 Å². The Labute approximate surface area is 187 Å². The highest BCUT2D eigenvalue weighted by Crippen LogP contribution is 2.30. The average molecular weight is 432 g/mol. The van der Waals surface area contributed by atoms with Gasteiger partial charge in [-0.25, -0.2) is 13.9 Å². The lowest BCUT2D eigenvalue weighted by Gasteiger charge is -2.17. The fourth-order valence-electron chi connectivity index (χ4n) is 3.54. The van der Waals surface area contributed by atoms with Crippen LogP contribution in [0, 0.1) is 30.5 Å². The minimum Gasteiger partial charge on any atom is -0.494 e. The third kappa shape index (κ3) is 4.43. The second-order valence-electron chi connectivity index (χ2n) is 7.19. The van der Waals surface area contributed by atoms with Crippen LogP contribution in [0.5, 0.6) is 5.75 Å². The van der Waals surface area contributed by atoms with Crippen LogP contribution in [-0.2, 0) is 24.1 Å². The summed E-state index contributed by atoms with van der Waals surface area (Å²) >= 11 is 0. The zero-order valence-electron chi connectivity index (χ0n) is 18.5. The van der Waals surface area contributed by atoms with Crippen LogP contribution < -0.4 is 4.74 Å². The van der Waals surface area contributed by atoms with E-state index in [9.17, 15) is 9.18 Å². The number of methoxy groups -OCH3 is 1. The maximum absolute atomic E-state index is 14.5. The zero-order chi connectivity index (χ0) is 23.3. The van der Waals surface area contributed by atoms with Crippen molar-refractivity contribution < 1.29 is 13.9 Å². The number of rotatable bonds is 8. The molecule has 164 valence electrons. The largest absolute Gasteiger partial charge is 0.494 e. The van der Waals surface area contributed by atoms with E-state index in [1.165, 1.54) is 24.1 Å². The van der Waals surface area contributed by atoms with Gasteiger partial charge in [0.2, 0.25) is 5.91 Å². The summed E-state index contributed by atoms with van der Waals surface area (Å²) in [6.07, 6.45) is 12.3. The quantitative estimate of drug-likeness (QED) is 0.513. The number of aryl methyl sites for hydroxylation is 2.